The van der Waals surface area contributed by atoms with Crippen molar-refractivity contribution >= 4 is 17.3 Å². The predicted molar refractivity (Wildman–Crippen MR) is 67.4 cm³/mol. The number of hydrogen-bond acceptors (Lipinski definition) is 3. The molecule has 0 atom stereocenters. The van der Waals surface area contributed by atoms with Gasteiger partial charge in [0, 0.05) is 0 Å². The fourth-order valence-corrected chi connectivity index (χ4v) is 1.62. The molecule has 0 saturated carbocycles. The molecule has 0 bridgehead atoms. The highest BCUT2D eigenvalue weighted by Crippen LogP contribution is 2.24. The second-order valence-electron chi connectivity index (χ2n) is 3.97. The van der Waals surface area contributed by atoms with Gasteiger partial charge in [0.2, 0.25) is 0 Å². The highest BCUT2D eigenvalue weighted by atomic mass is 19.2. The molecular weight excluding hydrogens is 289 g/mol. The van der Waals surface area contributed by atoms with Crippen LogP contribution in [0.1, 0.15) is 10.4 Å². The number of halogens is 3. The van der Waals surface area contributed by atoms with Gasteiger partial charge in [-0.15, -0.1) is 0 Å². The molecule has 108 valence electrons. The van der Waals surface area contributed by atoms with E-state index in [4.69, 9.17) is 0 Å². The molecule has 0 aromatic heterocycles. The number of rotatable bonds is 3. The van der Waals surface area contributed by atoms with Crippen LogP contribution in [0.2, 0.25) is 0 Å². The number of anilines is 1. The Balaban J connectivity index is 2.42. The van der Waals surface area contributed by atoms with Gasteiger partial charge < -0.3 is 5.32 Å². The summed E-state index contributed by atoms with van der Waals surface area (Å²) in [4.78, 5) is 21.6. The van der Waals surface area contributed by atoms with E-state index in [1.54, 1.807) is 0 Å². The van der Waals surface area contributed by atoms with Crippen LogP contribution in [0.15, 0.2) is 36.4 Å². The number of nitrogens with zero attached hydrogens (tertiary/aromatic N) is 1. The van der Waals surface area contributed by atoms with Gasteiger partial charge in [0.05, 0.1) is 16.7 Å². The smallest absolute Gasteiger partial charge is 0.285 e. The maximum atomic E-state index is 13.4. The van der Waals surface area contributed by atoms with Gasteiger partial charge in [-0.2, -0.15) is 0 Å². The lowest BCUT2D eigenvalue weighted by Crippen LogP contribution is -2.15. The van der Waals surface area contributed by atoms with Gasteiger partial charge in [-0.3, -0.25) is 14.9 Å². The Labute approximate surface area is 116 Å². The molecule has 0 aliphatic heterocycles. The number of hydrogen-bond donors (Lipinski definition) is 1. The van der Waals surface area contributed by atoms with Crippen LogP contribution in [-0.4, -0.2) is 10.8 Å². The summed E-state index contributed by atoms with van der Waals surface area (Å²) in [7, 11) is 0. The molecule has 0 radical (unpaired) electrons. The van der Waals surface area contributed by atoms with Gasteiger partial charge in [0.25, 0.3) is 11.6 Å². The van der Waals surface area contributed by atoms with E-state index in [0.29, 0.717) is 12.1 Å². The molecule has 0 aliphatic rings. The van der Waals surface area contributed by atoms with Crippen molar-refractivity contribution in [3.05, 3.63) is 69.5 Å². The SMILES string of the molecule is O=C(Nc1ccccc1F)c1cc(F)c(F)cc1[N+](=O)[O-]. The van der Waals surface area contributed by atoms with Gasteiger partial charge >= 0.3 is 0 Å². The first kappa shape index (κ1) is 14.5. The van der Waals surface area contributed by atoms with Gasteiger partial charge in [0.1, 0.15) is 11.4 Å². The van der Waals surface area contributed by atoms with Crippen molar-refractivity contribution in [2.75, 3.05) is 5.32 Å². The summed E-state index contributed by atoms with van der Waals surface area (Å²) in [6, 6.07) is 5.78. The first-order chi connectivity index (χ1) is 9.90. The number of nitro groups is 1. The fourth-order valence-electron chi connectivity index (χ4n) is 1.62. The number of para-hydroxylation sites is 1. The first-order valence-corrected chi connectivity index (χ1v) is 5.59. The third kappa shape index (κ3) is 2.99. The molecule has 5 nitrogen and oxygen atoms in total. The molecule has 21 heavy (non-hydrogen) atoms. The molecular formula is C13H7F3N2O3. The Bertz CT molecular complexity index is 735. The average molecular weight is 296 g/mol. The van der Waals surface area contributed by atoms with Crippen molar-refractivity contribution < 1.29 is 22.9 Å². The molecule has 1 amide bonds. The van der Waals surface area contributed by atoms with Crippen LogP contribution in [-0.2, 0) is 0 Å². The van der Waals surface area contributed by atoms with Gasteiger partial charge in [-0.05, 0) is 18.2 Å². The van der Waals surface area contributed by atoms with Crippen molar-refractivity contribution in [3.8, 4) is 0 Å². The number of carbonyl (C=O) groups is 1. The maximum absolute atomic E-state index is 13.4. The quantitative estimate of drug-likeness (QED) is 0.698. The Morgan fingerprint density at radius 1 is 1.05 bits per heavy atom. The largest absolute Gasteiger partial charge is 0.319 e. The van der Waals surface area contributed by atoms with Crippen LogP contribution in [0, 0.1) is 27.6 Å². The predicted octanol–water partition coefficient (Wildman–Crippen LogP) is 3.26. The lowest BCUT2D eigenvalue weighted by molar-refractivity contribution is -0.385. The molecule has 0 unspecified atom stereocenters. The molecule has 0 saturated heterocycles. The fraction of sp³-hybridized carbons (Fsp3) is 0. The number of amides is 1. The van der Waals surface area contributed by atoms with E-state index in [0.717, 1.165) is 6.07 Å². The summed E-state index contributed by atoms with van der Waals surface area (Å²) in [6.07, 6.45) is 0. The lowest BCUT2D eigenvalue weighted by Gasteiger charge is -2.07. The number of nitrogens with one attached hydrogen (secondary N) is 1. The Morgan fingerprint density at radius 2 is 1.67 bits per heavy atom. The van der Waals surface area contributed by atoms with E-state index < -0.39 is 39.5 Å². The van der Waals surface area contributed by atoms with Crippen molar-refractivity contribution in [2.45, 2.75) is 0 Å². The molecule has 1 N–H and O–H groups in total. The van der Waals surface area contributed by atoms with Crippen molar-refractivity contribution in [1.82, 2.24) is 0 Å². The van der Waals surface area contributed by atoms with E-state index in [1.807, 2.05) is 0 Å². The summed E-state index contributed by atoms with van der Waals surface area (Å²) in [6.45, 7) is 0. The summed E-state index contributed by atoms with van der Waals surface area (Å²) < 4.78 is 39.5. The minimum Gasteiger partial charge on any atom is -0.319 e. The van der Waals surface area contributed by atoms with E-state index in [1.165, 1.54) is 18.2 Å². The first-order valence-electron chi connectivity index (χ1n) is 5.59. The van der Waals surface area contributed by atoms with Crippen LogP contribution >= 0.6 is 0 Å². The van der Waals surface area contributed by atoms with E-state index in [9.17, 15) is 28.1 Å². The van der Waals surface area contributed by atoms with Crippen molar-refractivity contribution in [1.29, 1.82) is 0 Å². The van der Waals surface area contributed by atoms with Gasteiger partial charge in [-0.25, -0.2) is 13.2 Å². The average Bonchev–Trinajstić information content (AvgIpc) is 2.43. The molecule has 2 aromatic carbocycles. The second kappa shape index (κ2) is 5.61. The molecule has 2 rings (SSSR count). The van der Waals surface area contributed by atoms with E-state index >= 15 is 0 Å². The van der Waals surface area contributed by atoms with Crippen LogP contribution in [0.25, 0.3) is 0 Å². The third-order valence-corrected chi connectivity index (χ3v) is 2.60. The number of nitro benzene ring substituents is 1. The summed E-state index contributed by atoms with van der Waals surface area (Å²) in [5.74, 6) is -4.76. The normalized spacial score (nSPS) is 10.2. The maximum Gasteiger partial charge on any atom is 0.285 e. The second-order valence-corrected chi connectivity index (χ2v) is 3.97. The van der Waals surface area contributed by atoms with Gasteiger partial charge in [-0.1, -0.05) is 12.1 Å². The van der Waals surface area contributed by atoms with Crippen LogP contribution in [0.3, 0.4) is 0 Å². The monoisotopic (exact) mass is 296 g/mol. The number of benzene rings is 2. The van der Waals surface area contributed by atoms with E-state index in [-0.39, 0.29) is 5.69 Å². The van der Waals surface area contributed by atoms with Crippen LogP contribution in [0.5, 0.6) is 0 Å². The minimum absolute atomic E-state index is 0.235. The highest BCUT2D eigenvalue weighted by molar-refractivity contribution is 6.07. The summed E-state index contributed by atoms with van der Waals surface area (Å²) in [5, 5.41) is 12.8. The molecule has 0 aliphatic carbocycles. The zero-order valence-electron chi connectivity index (χ0n) is 10.3. The lowest BCUT2D eigenvalue weighted by atomic mass is 10.1. The molecule has 0 spiro atoms. The minimum atomic E-state index is -1.45. The topological polar surface area (TPSA) is 72.2 Å². The molecule has 2 aromatic rings. The molecule has 8 heteroatoms. The zero-order valence-corrected chi connectivity index (χ0v) is 10.3. The van der Waals surface area contributed by atoms with E-state index in [2.05, 4.69) is 5.32 Å². The van der Waals surface area contributed by atoms with Crippen LogP contribution in [0.4, 0.5) is 24.5 Å². The molecule has 0 heterocycles. The summed E-state index contributed by atoms with van der Waals surface area (Å²) >= 11 is 0. The highest BCUT2D eigenvalue weighted by Gasteiger charge is 2.24. The zero-order chi connectivity index (χ0) is 15.6. The van der Waals surface area contributed by atoms with Crippen molar-refractivity contribution in [3.63, 3.8) is 0 Å². The third-order valence-electron chi connectivity index (χ3n) is 2.60. The Morgan fingerprint density at radius 3 is 2.29 bits per heavy atom. The standard InChI is InChI=1S/C13H7F3N2O3/c14-8-3-1-2-4-11(8)17-13(19)7-5-9(15)10(16)6-12(7)18(20)21/h1-6H,(H,17,19). The summed E-state index contributed by atoms with van der Waals surface area (Å²) in [5.41, 5.74) is -1.86. The number of carbonyl (C=O) groups excluding carboxylic acids is 1. The Hall–Kier alpha value is -2.90. The van der Waals surface area contributed by atoms with Crippen LogP contribution < -0.4 is 5.32 Å². The Kier molecular flexibility index (Phi) is 3.88. The van der Waals surface area contributed by atoms with Gasteiger partial charge in [0.15, 0.2) is 11.6 Å². The molecule has 0 fully saturated rings. The van der Waals surface area contributed by atoms with Crippen molar-refractivity contribution in [2.24, 2.45) is 0 Å².